The van der Waals surface area contributed by atoms with E-state index in [2.05, 4.69) is 26.2 Å². The third kappa shape index (κ3) is 4.62. The van der Waals surface area contributed by atoms with Crippen molar-refractivity contribution >= 4 is 50.0 Å². The predicted molar refractivity (Wildman–Crippen MR) is 132 cm³/mol. The Kier molecular flexibility index (Phi) is 6.61. The maximum absolute atomic E-state index is 14.9. The molecule has 0 aliphatic carbocycles. The first-order valence-electron chi connectivity index (χ1n) is 10.4. The summed E-state index contributed by atoms with van der Waals surface area (Å²) >= 11 is 3.45. The van der Waals surface area contributed by atoms with E-state index in [-0.39, 0.29) is 40.6 Å². The highest BCUT2D eigenvalue weighted by molar-refractivity contribution is 9.10. The Morgan fingerprint density at radius 1 is 1.23 bits per heavy atom. The standard InChI is InChI=1S/C24H19BrFN5O4/c1-29(2)24(33)30-13-16(22-17(25)4-3-5-20(22)30)23(32)14-6-7-15(18(26)10-14)11-28-19-8-9-27-12-21(19)31(34)35/h3-10,12-13H,11H2,1-2H3,(H,27,28). The summed E-state index contributed by atoms with van der Waals surface area (Å²) in [6, 6.07) is 10.4. The molecule has 35 heavy (non-hydrogen) atoms. The Labute approximate surface area is 207 Å². The highest BCUT2D eigenvalue weighted by atomic mass is 79.9. The van der Waals surface area contributed by atoms with Crippen LogP contribution in [0.25, 0.3) is 10.9 Å². The number of nitro groups is 1. The van der Waals surface area contributed by atoms with Crippen LogP contribution in [-0.2, 0) is 6.54 Å². The first kappa shape index (κ1) is 24.0. The number of ketones is 1. The summed E-state index contributed by atoms with van der Waals surface area (Å²) in [4.78, 5) is 41.7. The second kappa shape index (κ2) is 9.63. The Bertz CT molecular complexity index is 1480. The van der Waals surface area contributed by atoms with Gasteiger partial charge < -0.3 is 10.2 Å². The van der Waals surface area contributed by atoms with Crippen molar-refractivity contribution in [1.29, 1.82) is 0 Å². The number of hydrogen-bond acceptors (Lipinski definition) is 6. The van der Waals surface area contributed by atoms with Crippen LogP contribution < -0.4 is 5.32 Å². The third-order valence-electron chi connectivity index (χ3n) is 5.39. The summed E-state index contributed by atoms with van der Waals surface area (Å²) in [7, 11) is 3.21. The van der Waals surface area contributed by atoms with E-state index in [1.807, 2.05) is 0 Å². The van der Waals surface area contributed by atoms with Crippen molar-refractivity contribution in [2.75, 3.05) is 19.4 Å². The zero-order valence-corrected chi connectivity index (χ0v) is 20.2. The molecule has 2 aromatic carbocycles. The van der Waals surface area contributed by atoms with Gasteiger partial charge in [0.25, 0.3) is 0 Å². The van der Waals surface area contributed by atoms with Crippen LogP contribution in [0.3, 0.4) is 0 Å². The summed E-state index contributed by atoms with van der Waals surface area (Å²) < 4.78 is 16.9. The van der Waals surface area contributed by atoms with Gasteiger partial charge in [-0.25, -0.2) is 9.18 Å². The van der Waals surface area contributed by atoms with Crippen LogP contribution in [0, 0.1) is 15.9 Å². The number of anilines is 1. The number of amides is 1. The molecule has 0 unspecified atom stereocenters. The van der Waals surface area contributed by atoms with Gasteiger partial charge in [0.2, 0.25) is 0 Å². The number of pyridine rings is 1. The highest BCUT2D eigenvalue weighted by Crippen LogP contribution is 2.31. The Hall–Kier alpha value is -4.12. The van der Waals surface area contributed by atoms with Gasteiger partial charge in [0.1, 0.15) is 17.7 Å². The van der Waals surface area contributed by atoms with Crippen molar-refractivity contribution in [3.05, 3.63) is 98.1 Å². The fourth-order valence-electron chi connectivity index (χ4n) is 3.65. The molecule has 11 heteroatoms. The van der Waals surface area contributed by atoms with Gasteiger partial charge in [0, 0.05) is 59.6 Å². The number of carbonyl (C=O) groups is 2. The number of rotatable bonds is 6. The molecule has 0 atom stereocenters. The van der Waals surface area contributed by atoms with Crippen LogP contribution in [0.1, 0.15) is 21.5 Å². The lowest BCUT2D eigenvalue weighted by molar-refractivity contribution is -0.384. The third-order valence-corrected chi connectivity index (χ3v) is 6.05. The van der Waals surface area contributed by atoms with Crippen LogP contribution in [0.15, 0.2) is 65.5 Å². The molecule has 0 saturated carbocycles. The Morgan fingerprint density at radius 3 is 2.69 bits per heavy atom. The van der Waals surface area contributed by atoms with Crippen molar-refractivity contribution in [1.82, 2.24) is 14.5 Å². The number of carbonyl (C=O) groups excluding carboxylic acids is 2. The maximum Gasteiger partial charge on any atom is 0.328 e. The van der Waals surface area contributed by atoms with Crippen molar-refractivity contribution < 1.29 is 18.9 Å². The topological polar surface area (TPSA) is 110 Å². The molecule has 0 aliphatic rings. The monoisotopic (exact) mass is 539 g/mol. The second-order valence-corrected chi connectivity index (χ2v) is 8.72. The minimum absolute atomic E-state index is 0.0344. The van der Waals surface area contributed by atoms with E-state index < -0.39 is 16.5 Å². The lowest BCUT2D eigenvalue weighted by Gasteiger charge is -2.11. The van der Waals surface area contributed by atoms with Gasteiger partial charge in [-0.2, -0.15) is 0 Å². The van der Waals surface area contributed by atoms with Gasteiger partial charge >= 0.3 is 11.7 Å². The molecule has 0 radical (unpaired) electrons. The second-order valence-electron chi connectivity index (χ2n) is 7.86. The van der Waals surface area contributed by atoms with E-state index in [4.69, 9.17) is 0 Å². The first-order chi connectivity index (χ1) is 16.7. The van der Waals surface area contributed by atoms with Gasteiger partial charge in [-0.05, 0) is 24.3 Å². The molecule has 1 N–H and O–H groups in total. The predicted octanol–water partition coefficient (Wildman–Crippen LogP) is 5.22. The molecule has 0 fully saturated rings. The van der Waals surface area contributed by atoms with E-state index in [1.165, 1.54) is 40.1 Å². The van der Waals surface area contributed by atoms with Crippen LogP contribution in [0.5, 0.6) is 0 Å². The number of hydrogen-bond donors (Lipinski definition) is 1. The van der Waals surface area contributed by atoms with E-state index in [0.717, 1.165) is 12.3 Å². The molecular formula is C24H19BrFN5O4. The number of fused-ring (bicyclic) bond motifs is 1. The molecule has 1 amide bonds. The minimum atomic E-state index is -0.646. The fraction of sp³-hybridized carbons (Fsp3) is 0.125. The lowest BCUT2D eigenvalue weighted by Crippen LogP contribution is -2.26. The Morgan fingerprint density at radius 2 is 2.00 bits per heavy atom. The molecule has 0 spiro atoms. The number of aromatic nitrogens is 2. The summed E-state index contributed by atoms with van der Waals surface area (Å²) in [5.74, 6) is -1.09. The smallest absolute Gasteiger partial charge is 0.328 e. The molecule has 2 heterocycles. The molecule has 0 bridgehead atoms. The van der Waals surface area contributed by atoms with Gasteiger partial charge in [-0.3, -0.25) is 24.5 Å². The minimum Gasteiger partial charge on any atom is -0.375 e. The molecule has 9 nitrogen and oxygen atoms in total. The molecule has 0 aliphatic heterocycles. The van der Waals surface area contributed by atoms with E-state index in [1.54, 1.807) is 32.3 Å². The molecular weight excluding hydrogens is 521 g/mol. The molecule has 4 aromatic rings. The zero-order chi connectivity index (χ0) is 25.3. The van der Waals surface area contributed by atoms with Crippen molar-refractivity contribution in [2.24, 2.45) is 0 Å². The van der Waals surface area contributed by atoms with E-state index in [9.17, 15) is 24.1 Å². The first-order valence-corrected chi connectivity index (χ1v) is 11.1. The molecule has 4 rings (SSSR count). The van der Waals surface area contributed by atoms with E-state index in [0.29, 0.717) is 15.4 Å². The van der Waals surface area contributed by atoms with Crippen molar-refractivity contribution in [3.8, 4) is 0 Å². The van der Waals surface area contributed by atoms with Crippen molar-refractivity contribution in [2.45, 2.75) is 6.54 Å². The molecule has 0 saturated heterocycles. The maximum atomic E-state index is 14.9. The summed E-state index contributed by atoms with van der Waals surface area (Å²) in [5.41, 5.74) is 1.09. The fourth-order valence-corrected chi connectivity index (χ4v) is 4.22. The van der Waals surface area contributed by atoms with Gasteiger partial charge in [-0.15, -0.1) is 0 Å². The largest absolute Gasteiger partial charge is 0.375 e. The summed E-state index contributed by atoms with van der Waals surface area (Å²) in [6.45, 7) is -0.0344. The number of benzene rings is 2. The highest BCUT2D eigenvalue weighted by Gasteiger charge is 2.23. The normalized spacial score (nSPS) is 10.9. The summed E-state index contributed by atoms with van der Waals surface area (Å²) in [5, 5.41) is 14.5. The lowest BCUT2D eigenvalue weighted by atomic mass is 10.0. The zero-order valence-electron chi connectivity index (χ0n) is 18.7. The molecule has 2 aromatic heterocycles. The van der Waals surface area contributed by atoms with Crippen molar-refractivity contribution in [3.63, 3.8) is 0 Å². The summed E-state index contributed by atoms with van der Waals surface area (Å²) in [6.07, 6.45) is 3.95. The van der Waals surface area contributed by atoms with E-state index >= 15 is 0 Å². The number of nitrogens with zero attached hydrogens (tertiary/aromatic N) is 4. The van der Waals surface area contributed by atoms with Crippen LogP contribution in [0.4, 0.5) is 20.6 Å². The quantitative estimate of drug-likeness (QED) is 0.204. The number of halogens is 2. The number of nitrogens with one attached hydrogen (secondary N) is 1. The van der Waals surface area contributed by atoms with Crippen LogP contribution >= 0.6 is 15.9 Å². The Balaban J connectivity index is 1.65. The van der Waals surface area contributed by atoms with Gasteiger partial charge in [0.05, 0.1) is 10.4 Å². The van der Waals surface area contributed by atoms with Gasteiger partial charge in [0.15, 0.2) is 5.78 Å². The van der Waals surface area contributed by atoms with Crippen LogP contribution in [0.2, 0.25) is 0 Å². The molecule has 178 valence electrons. The SMILES string of the molecule is CN(C)C(=O)n1cc(C(=O)c2ccc(CNc3ccncc3[N+](=O)[O-])c(F)c2)c2c(Br)cccc21. The van der Waals surface area contributed by atoms with Gasteiger partial charge in [-0.1, -0.05) is 34.1 Å². The van der Waals surface area contributed by atoms with Crippen LogP contribution in [-0.4, -0.2) is 45.3 Å². The average Bonchev–Trinajstić information content (AvgIpc) is 3.23. The average molecular weight is 540 g/mol.